The molecule has 0 rings (SSSR count). The van der Waals surface area contributed by atoms with E-state index >= 15 is 0 Å². The largest absolute Gasteiger partial charge is 0.472 e. The predicted molar refractivity (Wildman–Crippen MR) is 63.6 cm³/mol. The monoisotopic (exact) mass is 372 g/mol. The number of alkyl halides is 3. The van der Waals surface area contributed by atoms with E-state index in [0.29, 0.717) is 17.6 Å². The minimum Gasteiger partial charge on any atom is -0.302 e. The van der Waals surface area contributed by atoms with Crippen LogP contribution in [0.15, 0.2) is 0 Å². The average molecular weight is 374 g/mol. The van der Waals surface area contributed by atoms with Gasteiger partial charge in [-0.25, -0.2) is 4.57 Å². The first-order chi connectivity index (χ1) is 6.52. The number of rotatable bonds is 8. The van der Waals surface area contributed by atoms with Crippen molar-refractivity contribution in [3.05, 3.63) is 0 Å². The van der Waals surface area contributed by atoms with Crippen LogP contribution in [0.4, 0.5) is 0 Å². The highest BCUT2D eigenvalue weighted by atomic mass is 79.9. The number of phosphoric acid groups is 1. The van der Waals surface area contributed by atoms with E-state index in [-0.39, 0.29) is 18.0 Å². The molecule has 8 heteroatoms. The summed E-state index contributed by atoms with van der Waals surface area (Å²) in [6, 6.07) is 0. The number of hydrogen-bond acceptors (Lipinski definition) is 3. The molecule has 0 bridgehead atoms. The van der Waals surface area contributed by atoms with Crippen LogP contribution in [0.3, 0.4) is 0 Å². The Labute approximate surface area is 105 Å². The van der Waals surface area contributed by atoms with Crippen LogP contribution in [0.2, 0.25) is 0 Å². The third kappa shape index (κ3) is 8.65. The van der Waals surface area contributed by atoms with E-state index in [0.717, 1.165) is 0 Å². The quantitative estimate of drug-likeness (QED) is 0.403. The minimum absolute atomic E-state index is 0.0143. The summed E-state index contributed by atoms with van der Waals surface area (Å²) in [5.74, 6) is 0.391. The van der Waals surface area contributed by atoms with Crippen molar-refractivity contribution in [3.63, 3.8) is 0 Å². The SMILES string of the molecule is O=P(O)(OCCCCl)OCC(Br)CBr. The fraction of sp³-hybridized carbons (Fsp3) is 1.00. The van der Waals surface area contributed by atoms with Crippen molar-refractivity contribution in [2.75, 3.05) is 24.4 Å². The summed E-state index contributed by atoms with van der Waals surface area (Å²) in [6.45, 7) is 0.235. The van der Waals surface area contributed by atoms with Gasteiger partial charge >= 0.3 is 7.82 Å². The van der Waals surface area contributed by atoms with Crippen molar-refractivity contribution in [2.45, 2.75) is 11.2 Å². The van der Waals surface area contributed by atoms with Crippen LogP contribution in [-0.4, -0.2) is 34.1 Å². The normalized spacial score (nSPS) is 17.7. The van der Waals surface area contributed by atoms with Gasteiger partial charge in [0.05, 0.1) is 13.2 Å². The van der Waals surface area contributed by atoms with Gasteiger partial charge in [-0.1, -0.05) is 31.9 Å². The summed E-state index contributed by atoms with van der Waals surface area (Å²) >= 11 is 11.8. The van der Waals surface area contributed by atoms with Gasteiger partial charge in [0.1, 0.15) is 0 Å². The molecular formula is C6H12Br2ClO4P. The van der Waals surface area contributed by atoms with Gasteiger partial charge in [0.2, 0.25) is 0 Å². The van der Waals surface area contributed by atoms with Crippen LogP contribution in [-0.2, 0) is 13.6 Å². The Bertz CT molecular complexity index is 195. The Morgan fingerprint density at radius 3 is 2.64 bits per heavy atom. The Morgan fingerprint density at radius 2 is 2.14 bits per heavy atom. The van der Waals surface area contributed by atoms with Crippen LogP contribution < -0.4 is 0 Å². The number of halogens is 3. The fourth-order valence-electron chi connectivity index (χ4n) is 0.491. The molecule has 2 atom stereocenters. The van der Waals surface area contributed by atoms with Gasteiger partial charge in [-0.3, -0.25) is 9.05 Å². The summed E-state index contributed by atoms with van der Waals surface area (Å²) in [5.41, 5.74) is 0. The molecule has 0 aliphatic carbocycles. The Hall–Kier alpha value is 1.36. The summed E-state index contributed by atoms with van der Waals surface area (Å²) in [4.78, 5) is 9.10. The van der Waals surface area contributed by atoms with E-state index in [1.165, 1.54) is 0 Å². The van der Waals surface area contributed by atoms with Crippen LogP contribution in [0.5, 0.6) is 0 Å². The van der Waals surface area contributed by atoms with Crippen LogP contribution in [0.1, 0.15) is 6.42 Å². The zero-order chi connectivity index (χ0) is 11.0. The van der Waals surface area contributed by atoms with Crippen LogP contribution in [0.25, 0.3) is 0 Å². The van der Waals surface area contributed by atoms with Crippen molar-refractivity contribution in [1.82, 2.24) is 0 Å². The molecule has 0 amide bonds. The fourth-order valence-corrected chi connectivity index (χ4v) is 1.93. The molecule has 0 aliphatic heterocycles. The number of hydrogen-bond donors (Lipinski definition) is 1. The van der Waals surface area contributed by atoms with E-state index in [1.54, 1.807) is 0 Å². The molecule has 14 heavy (non-hydrogen) atoms. The molecule has 0 aromatic heterocycles. The predicted octanol–water partition coefficient (Wildman–Crippen LogP) is 2.91. The second kappa shape index (κ2) is 8.50. The lowest BCUT2D eigenvalue weighted by Gasteiger charge is -2.13. The van der Waals surface area contributed by atoms with Crippen molar-refractivity contribution in [1.29, 1.82) is 0 Å². The van der Waals surface area contributed by atoms with Gasteiger partial charge in [0, 0.05) is 16.0 Å². The molecule has 0 radical (unpaired) electrons. The Morgan fingerprint density at radius 1 is 1.50 bits per heavy atom. The van der Waals surface area contributed by atoms with Crippen LogP contribution in [0, 0.1) is 0 Å². The summed E-state index contributed by atoms with van der Waals surface area (Å²) < 4.78 is 20.5. The second-order valence-electron chi connectivity index (χ2n) is 2.39. The molecule has 0 spiro atoms. The lowest BCUT2D eigenvalue weighted by Crippen LogP contribution is -2.09. The van der Waals surface area contributed by atoms with E-state index in [9.17, 15) is 4.57 Å². The summed E-state index contributed by atoms with van der Waals surface area (Å²) in [5, 5.41) is 0.634. The van der Waals surface area contributed by atoms with Gasteiger partial charge in [-0.2, -0.15) is 0 Å². The molecule has 1 N–H and O–H groups in total. The third-order valence-corrected chi connectivity index (χ3v) is 4.61. The summed E-state index contributed by atoms with van der Waals surface area (Å²) in [7, 11) is -3.90. The van der Waals surface area contributed by atoms with Crippen molar-refractivity contribution in [2.24, 2.45) is 0 Å². The molecule has 0 heterocycles. The Kier molecular flexibility index (Phi) is 9.33. The zero-order valence-electron chi connectivity index (χ0n) is 7.37. The van der Waals surface area contributed by atoms with Crippen molar-refractivity contribution in [3.8, 4) is 0 Å². The van der Waals surface area contributed by atoms with Gasteiger partial charge in [-0.15, -0.1) is 11.6 Å². The average Bonchev–Trinajstić information content (AvgIpc) is 2.14. The van der Waals surface area contributed by atoms with Gasteiger partial charge in [0.15, 0.2) is 0 Å². The maximum Gasteiger partial charge on any atom is 0.472 e. The first kappa shape index (κ1) is 15.4. The van der Waals surface area contributed by atoms with Crippen LogP contribution >= 0.6 is 51.3 Å². The molecule has 0 aromatic rings. The standard InChI is InChI=1S/C6H12Br2ClO4P/c7-4-6(8)5-13-14(10,11)12-3-1-2-9/h6H,1-5H2,(H,10,11). The highest BCUT2D eigenvalue weighted by Crippen LogP contribution is 2.43. The minimum atomic E-state index is -3.90. The third-order valence-electron chi connectivity index (χ3n) is 1.12. The molecule has 4 nitrogen and oxygen atoms in total. The first-order valence-corrected chi connectivity index (χ1v) is 7.96. The van der Waals surface area contributed by atoms with Gasteiger partial charge in [-0.05, 0) is 6.42 Å². The maximum atomic E-state index is 11.1. The first-order valence-electron chi connectivity index (χ1n) is 3.89. The maximum absolute atomic E-state index is 11.1. The van der Waals surface area contributed by atoms with E-state index in [1.807, 2.05) is 0 Å². The molecule has 0 aliphatic rings. The zero-order valence-corrected chi connectivity index (χ0v) is 12.2. The smallest absolute Gasteiger partial charge is 0.302 e. The van der Waals surface area contributed by atoms with E-state index < -0.39 is 7.82 Å². The lowest BCUT2D eigenvalue weighted by molar-refractivity contribution is 0.152. The second-order valence-corrected chi connectivity index (χ2v) is 6.17. The molecule has 2 unspecified atom stereocenters. The summed E-state index contributed by atoms with van der Waals surface area (Å²) in [6.07, 6.45) is 0.519. The molecule has 0 fully saturated rings. The van der Waals surface area contributed by atoms with Gasteiger partial charge in [0.25, 0.3) is 0 Å². The van der Waals surface area contributed by atoms with E-state index in [2.05, 4.69) is 36.4 Å². The molecule has 86 valence electrons. The Balaban J connectivity index is 3.66. The van der Waals surface area contributed by atoms with Gasteiger partial charge < -0.3 is 4.89 Å². The molecule has 0 saturated heterocycles. The topological polar surface area (TPSA) is 55.8 Å². The van der Waals surface area contributed by atoms with E-state index in [4.69, 9.17) is 21.0 Å². The molecule has 0 saturated carbocycles. The van der Waals surface area contributed by atoms with Crippen molar-refractivity contribution < 1.29 is 18.5 Å². The molecule has 0 aromatic carbocycles. The highest BCUT2D eigenvalue weighted by Gasteiger charge is 2.21. The number of phosphoric ester groups is 1. The van der Waals surface area contributed by atoms with Crippen molar-refractivity contribution >= 4 is 51.3 Å². The lowest BCUT2D eigenvalue weighted by atomic mass is 10.5. The molecular weight excluding hydrogens is 362 g/mol. The highest BCUT2D eigenvalue weighted by molar-refractivity contribution is 9.12.